The molecular weight excluding hydrogens is 513 g/mol. The van der Waals surface area contributed by atoms with Gasteiger partial charge in [0.2, 0.25) is 5.88 Å². The number of benzene rings is 1. The largest absolute Gasteiger partial charge is 0.474 e. The maximum atomic E-state index is 15.2. The zero-order chi connectivity index (χ0) is 27.1. The van der Waals surface area contributed by atoms with Gasteiger partial charge in [0.15, 0.2) is 5.76 Å². The number of furan rings is 1. The maximum Gasteiger partial charge on any atom is 0.416 e. The molecule has 204 valence electrons. The predicted molar refractivity (Wildman–Crippen MR) is 126 cm³/mol. The van der Waals surface area contributed by atoms with E-state index in [1.165, 1.54) is 6.20 Å². The lowest BCUT2D eigenvalue weighted by molar-refractivity contribution is -0.151. The summed E-state index contributed by atoms with van der Waals surface area (Å²) in [7, 11) is 0. The van der Waals surface area contributed by atoms with Crippen molar-refractivity contribution in [1.29, 1.82) is 0 Å². The van der Waals surface area contributed by atoms with Gasteiger partial charge in [-0.15, -0.1) is 0 Å². The normalized spacial score (nSPS) is 18.5. The van der Waals surface area contributed by atoms with Crippen LogP contribution in [0.1, 0.15) is 48.7 Å². The Bertz CT molecular complexity index is 1280. The van der Waals surface area contributed by atoms with Crippen LogP contribution >= 0.6 is 0 Å². The molecule has 1 aliphatic heterocycles. The molecule has 2 fully saturated rings. The van der Waals surface area contributed by atoms with Crippen molar-refractivity contribution < 1.29 is 41.0 Å². The second-order valence-electron chi connectivity index (χ2n) is 9.71. The summed E-state index contributed by atoms with van der Waals surface area (Å²) in [5, 5.41) is 13.1. The van der Waals surface area contributed by atoms with E-state index < -0.39 is 41.5 Å². The molecule has 0 bridgehead atoms. The highest BCUT2D eigenvalue weighted by Crippen LogP contribution is 2.37. The van der Waals surface area contributed by atoms with E-state index in [4.69, 9.17) is 9.15 Å². The molecule has 0 radical (unpaired) electrons. The number of ether oxygens (including phenoxy) is 1. The van der Waals surface area contributed by atoms with Crippen molar-refractivity contribution in [2.24, 2.45) is 0 Å². The minimum absolute atomic E-state index is 0.110. The number of aromatic nitrogens is 1. The van der Waals surface area contributed by atoms with Gasteiger partial charge < -0.3 is 24.5 Å². The van der Waals surface area contributed by atoms with E-state index in [9.17, 15) is 23.1 Å². The minimum atomic E-state index is -4.67. The first-order valence-electron chi connectivity index (χ1n) is 12.3. The van der Waals surface area contributed by atoms with E-state index in [1.807, 2.05) is 4.90 Å². The van der Waals surface area contributed by atoms with Crippen molar-refractivity contribution >= 4 is 16.9 Å². The molecule has 2 atom stereocenters. The molecule has 1 aliphatic carbocycles. The fraction of sp³-hybridized carbons (Fsp3) is 0.462. The Hall–Kier alpha value is -3.25. The number of rotatable bonds is 9. The lowest BCUT2D eigenvalue weighted by Gasteiger charge is -2.29. The van der Waals surface area contributed by atoms with Gasteiger partial charge in [0.25, 0.3) is 5.91 Å². The number of carbonyl (C=O) groups excluding carboxylic acids is 1. The molecule has 1 aromatic carbocycles. The SMILES string of the molecule is O=C(NC(CN1CCCC1)C(O)c1ccc(OC2CC2)nc1)C(F)(F)c1cc2cc(C(F)(F)F)ccc2o1. The van der Waals surface area contributed by atoms with Crippen molar-refractivity contribution in [1.82, 2.24) is 15.2 Å². The number of likely N-dealkylation sites (tertiary alicyclic amines) is 1. The van der Waals surface area contributed by atoms with Crippen molar-refractivity contribution in [2.45, 2.75) is 56.0 Å². The third-order valence-corrected chi connectivity index (χ3v) is 6.70. The Morgan fingerprint density at radius 1 is 1.13 bits per heavy atom. The smallest absolute Gasteiger partial charge is 0.416 e. The molecule has 5 rings (SSSR count). The average Bonchev–Trinajstić information content (AvgIpc) is 3.35. The van der Waals surface area contributed by atoms with Crippen LogP contribution in [0, 0.1) is 0 Å². The summed E-state index contributed by atoms with van der Waals surface area (Å²) in [5.74, 6) is -6.66. The lowest BCUT2D eigenvalue weighted by Crippen LogP contribution is -2.50. The summed E-state index contributed by atoms with van der Waals surface area (Å²) >= 11 is 0. The Morgan fingerprint density at radius 2 is 1.87 bits per heavy atom. The van der Waals surface area contributed by atoms with Crippen LogP contribution in [0.15, 0.2) is 47.0 Å². The molecule has 0 spiro atoms. The van der Waals surface area contributed by atoms with Crippen LogP contribution in [0.5, 0.6) is 5.88 Å². The highest BCUT2D eigenvalue weighted by atomic mass is 19.4. The lowest BCUT2D eigenvalue weighted by atomic mass is 10.0. The number of aliphatic hydroxyl groups excluding tert-OH is 1. The van der Waals surface area contributed by atoms with E-state index in [1.54, 1.807) is 12.1 Å². The predicted octanol–water partition coefficient (Wildman–Crippen LogP) is 4.79. The molecule has 7 nitrogen and oxygen atoms in total. The van der Waals surface area contributed by atoms with E-state index in [0.29, 0.717) is 36.7 Å². The highest BCUT2D eigenvalue weighted by molar-refractivity contribution is 5.87. The summed E-state index contributed by atoms with van der Waals surface area (Å²) in [6, 6.07) is 5.06. The van der Waals surface area contributed by atoms with Gasteiger partial charge in [-0.3, -0.25) is 4.79 Å². The fourth-order valence-corrected chi connectivity index (χ4v) is 4.44. The topological polar surface area (TPSA) is 87.8 Å². The fourth-order valence-electron chi connectivity index (χ4n) is 4.44. The van der Waals surface area contributed by atoms with Crippen molar-refractivity contribution in [3.8, 4) is 5.88 Å². The highest BCUT2D eigenvalue weighted by Gasteiger charge is 2.46. The molecule has 38 heavy (non-hydrogen) atoms. The number of nitrogens with one attached hydrogen (secondary N) is 1. The summed E-state index contributed by atoms with van der Waals surface area (Å²) in [6.07, 6.45) is -0.828. The second kappa shape index (κ2) is 10.1. The summed E-state index contributed by atoms with van der Waals surface area (Å²) in [6.45, 7) is 1.48. The zero-order valence-corrected chi connectivity index (χ0v) is 20.2. The van der Waals surface area contributed by atoms with Crippen LogP contribution in [0.25, 0.3) is 11.0 Å². The van der Waals surface area contributed by atoms with E-state index >= 15 is 8.78 Å². The van der Waals surface area contributed by atoms with Crippen LogP contribution < -0.4 is 10.1 Å². The number of nitrogens with zero attached hydrogens (tertiary/aromatic N) is 2. The number of alkyl halides is 5. The van der Waals surface area contributed by atoms with Crippen LogP contribution in [0.3, 0.4) is 0 Å². The van der Waals surface area contributed by atoms with Crippen LogP contribution in [-0.4, -0.2) is 52.7 Å². The Morgan fingerprint density at radius 3 is 2.50 bits per heavy atom. The summed E-state index contributed by atoms with van der Waals surface area (Å²) < 4.78 is 80.1. The molecule has 1 saturated carbocycles. The van der Waals surface area contributed by atoms with Gasteiger partial charge >= 0.3 is 12.1 Å². The van der Waals surface area contributed by atoms with Crippen LogP contribution in [0.4, 0.5) is 22.0 Å². The zero-order valence-electron chi connectivity index (χ0n) is 20.2. The van der Waals surface area contributed by atoms with Gasteiger partial charge in [0.1, 0.15) is 17.8 Å². The van der Waals surface area contributed by atoms with Gasteiger partial charge in [-0.05, 0) is 69.1 Å². The van der Waals surface area contributed by atoms with Gasteiger partial charge in [0, 0.05) is 29.8 Å². The number of halogens is 5. The van der Waals surface area contributed by atoms with E-state index in [-0.39, 0.29) is 23.6 Å². The standard InChI is InChI=1S/C26H26F5N3O4/c27-25(28,21-12-16-11-17(26(29,30)31)4-7-20(16)38-21)24(36)33-19(14-34-9-1-2-10-34)23(35)15-3-8-22(32-13-15)37-18-5-6-18/h3-4,7-8,11-13,18-19,23,35H,1-2,5-6,9-10,14H2,(H,33,36). The van der Waals surface area contributed by atoms with E-state index in [0.717, 1.165) is 37.8 Å². The monoisotopic (exact) mass is 539 g/mol. The minimum Gasteiger partial charge on any atom is -0.474 e. The van der Waals surface area contributed by atoms with Gasteiger partial charge in [-0.25, -0.2) is 4.98 Å². The first-order chi connectivity index (χ1) is 18.0. The molecule has 2 aliphatic rings. The second-order valence-corrected chi connectivity index (χ2v) is 9.71. The number of amides is 1. The number of fused-ring (bicyclic) bond motifs is 1. The number of pyridine rings is 1. The Kier molecular flexibility index (Phi) is 7.03. The molecule has 1 saturated heterocycles. The van der Waals surface area contributed by atoms with Gasteiger partial charge in [-0.1, -0.05) is 0 Å². The van der Waals surface area contributed by atoms with Crippen LogP contribution in [-0.2, 0) is 16.9 Å². The van der Waals surface area contributed by atoms with Crippen molar-refractivity contribution in [3.63, 3.8) is 0 Å². The quantitative estimate of drug-likeness (QED) is 0.380. The third-order valence-electron chi connectivity index (χ3n) is 6.70. The van der Waals surface area contributed by atoms with Crippen LogP contribution in [0.2, 0.25) is 0 Å². The molecule has 3 heterocycles. The third kappa shape index (κ3) is 5.75. The molecular formula is C26H26F5N3O4. The number of hydrogen-bond acceptors (Lipinski definition) is 6. The van der Waals surface area contributed by atoms with Gasteiger partial charge in [-0.2, -0.15) is 22.0 Å². The number of hydrogen-bond donors (Lipinski definition) is 2. The number of aliphatic hydroxyl groups is 1. The first-order valence-corrected chi connectivity index (χ1v) is 12.3. The van der Waals surface area contributed by atoms with E-state index in [2.05, 4.69) is 10.3 Å². The average molecular weight is 540 g/mol. The molecule has 3 aromatic rings. The van der Waals surface area contributed by atoms with Crippen molar-refractivity contribution in [2.75, 3.05) is 19.6 Å². The molecule has 1 amide bonds. The Labute approximate surface area is 214 Å². The molecule has 12 heteroatoms. The molecule has 2 N–H and O–H groups in total. The van der Waals surface area contributed by atoms with Crippen molar-refractivity contribution in [3.05, 3.63) is 59.5 Å². The maximum absolute atomic E-state index is 15.2. The molecule has 2 aromatic heterocycles. The Balaban J connectivity index is 1.35. The summed E-state index contributed by atoms with van der Waals surface area (Å²) in [5.41, 5.74) is -0.931. The number of carbonyl (C=O) groups is 1. The summed E-state index contributed by atoms with van der Waals surface area (Å²) in [4.78, 5) is 18.9. The molecule has 2 unspecified atom stereocenters. The first kappa shape index (κ1) is 26.4. The van der Waals surface area contributed by atoms with Gasteiger partial charge in [0.05, 0.1) is 11.6 Å².